The summed E-state index contributed by atoms with van der Waals surface area (Å²) in [4.78, 5) is 65.5. The number of fused-ring (bicyclic) bond motifs is 2. The van der Waals surface area contributed by atoms with Gasteiger partial charge in [-0.15, -0.1) is 0 Å². The van der Waals surface area contributed by atoms with Crippen molar-refractivity contribution in [3.05, 3.63) is 80.6 Å². The number of carbonyl (C=O) groups is 2. The smallest absolute Gasteiger partial charge is 0.329 e. The summed E-state index contributed by atoms with van der Waals surface area (Å²) in [5.41, 5.74) is 2.31. The van der Waals surface area contributed by atoms with E-state index in [4.69, 9.17) is 4.98 Å². The van der Waals surface area contributed by atoms with Crippen LogP contribution in [0.25, 0.3) is 22.1 Å². The summed E-state index contributed by atoms with van der Waals surface area (Å²) >= 11 is 0. The van der Waals surface area contributed by atoms with Gasteiger partial charge in [0, 0.05) is 69.5 Å². The number of amides is 2. The summed E-state index contributed by atoms with van der Waals surface area (Å²) in [6.07, 6.45) is 7.00. The number of benzene rings is 2. The molecule has 66 heavy (non-hydrogen) atoms. The molecular weight excluding hydrogens is 871 g/mol. The lowest BCUT2D eigenvalue weighted by molar-refractivity contribution is -0.135. The van der Waals surface area contributed by atoms with Crippen LogP contribution in [0, 0.1) is 18.3 Å². The lowest BCUT2D eigenvalue weighted by Crippen LogP contribution is -2.49. The number of hydrogen-bond acceptors (Lipinski definition) is 11. The Morgan fingerprint density at radius 3 is 2.39 bits per heavy atom. The molecule has 0 bridgehead atoms. The van der Waals surface area contributed by atoms with Crippen molar-refractivity contribution in [3.8, 4) is 0 Å². The molecule has 10 rings (SSSR count). The molecule has 6 heterocycles. The Labute approximate surface area is 381 Å². The predicted molar refractivity (Wildman–Crippen MR) is 246 cm³/mol. The minimum atomic E-state index is -3.78. The molecule has 2 atom stereocenters. The highest BCUT2D eigenvalue weighted by atomic mass is 32.2. The Kier molecular flexibility index (Phi) is 11.4. The number of sulfonamides is 1. The number of anilines is 3. The van der Waals surface area contributed by atoms with Gasteiger partial charge in [0.1, 0.15) is 11.7 Å². The Bertz CT molecular complexity index is 2990. The zero-order valence-corrected chi connectivity index (χ0v) is 38.3. The van der Waals surface area contributed by atoms with Crippen molar-refractivity contribution in [1.82, 2.24) is 38.2 Å². The number of aryl methyl sites for hydroxylation is 2. The number of rotatable bonds is 11. The van der Waals surface area contributed by atoms with E-state index in [-0.39, 0.29) is 52.8 Å². The Balaban J connectivity index is 0.757. The van der Waals surface area contributed by atoms with E-state index in [1.165, 1.54) is 21.4 Å². The van der Waals surface area contributed by atoms with Crippen LogP contribution in [-0.2, 0) is 26.7 Å². The molecule has 2 N–H and O–H groups in total. The molecule has 16 nitrogen and oxygen atoms in total. The van der Waals surface area contributed by atoms with E-state index in [0.717, 1.165) is 88.6 Å². The number of nitrogens with zero attached hydrogens (tertiary/aromatic N) is 8. The molecule has 2 saturated carbocycles. The molecule has 3 aromatic heterocycles. The van der Waals surface area contributed by atoms with Gasteiger partial charge in [0.05, 0.1) is 27.2 Å². The lowest BCUT2D eigenvalue weighted by Gasteiger charge is -2.42. The average Bonchev–Trinajstić information content (AvgIpc) is 3.90. The van der Waals surface area contributed by atoms with Crippen LogP contribution in [0.1, 0.15) is 100 Å². The molecule has 350 valence electrons. The number of hydrogen-bond donors (Lipinski definition) is 2. The molecule has 3 aliphatic heterocycles. The van der Waals surface area contributed by atoms with Crippen LogP contribution in [-0.4, -0.2) is 98.9 Å². The zero-order chi connectivity index (χ0) is 46.2. The van der Waals surface area contributed by atoms with Gasteiger partial charge in [-0.05, 0) is 131 Å². The third-order valence-corrected chi connectivity index (χ3v) is 17.2. The van der Waals surface area contributed by atoms with Gasteiger partial charge in [-0.1, -0.05) is 12.5 Å². The fourth-order valence-electron chi connectivity index (χ4n) is 11.5. The molecule has 2 aliphatic carbocycles. The zero-order valence-electron chi connectivity index (χ0n) is 37.5. The number of halogens is 2. The Morgan fingerprint density at radius 2 is 1.70 bits per heavy atom. The second kappa shape index (κ2) is 17.0. The number of pyridine rings is 1. The number of imide groups is 1. The lowest BCUT2D eigenvalue weighted by atomic mass is 9.93. The minimum Gasteiger partial charge on any atom is -0.373 e. The van der Waals surface area contributed by atoms with Crippen LogP contribution in [0.15, 0.2) is 63.1 Å². The standard InChI is InChI=1S/C47H56F2N10O6S/c1-28-24-32(9-10-34(28)51-45-50-26-30-25-33(41(48)49)44(62)59(42(30)53-45)38-8-5-17-47(38)18-19-47)66(64,65)57-22-15-31(16-23-57)56-20-13-29(14-21-56)27-54(2)35-6-4-7-36-40(35)55(3)46(63)58(36)37-11-12-39(60)52-43(37)61/h4,6-7,9-10,24-26,29,31,37-38,41H,5,8,11-23,27H2,1-3H3,(H,50,51,53)(H,52,60,61). The van der Waals surface area contributed by atoms with Crippen molar-refractivity contribution in [2.24, 2.45) is 18.4 Å². The van der Waals surface area contributed by atoms with Crippen LogP contribution in [0.2, 0.25) is 0 Å². The van der Waals surface area contributed by atoms with Crippen LogP contribution < -0.4 is 26.8 Å². The number of nitrogens with one attached hydrogen (secondary N) is 2. The highest BCUT2D eigenvalue weighted by molar-refractivity contribution is 7.89. The maximum Gasteiger partial charge on any atom is 0.329 e. The van der Waals surface area contributed by atoms with Crippen molar-refractivity contribution < 1.29 is 26.8 Å². The fourth-order valence-corrected chi connectivity index (χ4v) is 13.1. The largest absolute Gasteiger partial charge is 0.373 e. The van der Waals surface area contributed by atoms with E-state index in [2.05, 4.69) is 25.4 Å². The van der Waals surface area contributed by atoms with Gasteiger partial charge in [0.15, 0.2) is 0 Å². The van der Waals surface area contributed by atoms with Crippen LogP contribution in [0.5, 0.6) is 0 Å². The minimum absolute atomic E-state index is 0.0401. The molecule has 5 fully saturated rings. The van der Waals surface area contributed by atoms with Gasteiger partial charge in [-0.3, -0.25) is 33.4 Å². The SMILES string of the molecule is Cc1cc(S(=O)(=O)N2CCC(N3CCC(CN(C)c4cccc5c4n(C)c(=O)n5C4CCC(=O)NC4=O)CC3)CC2)ccc1Nc1ncc2cc(C(F)F)c(=O)n(C3CCCC34CC4)c2n1. The van der Waals surface area contributed by atoms with Crippen LogP contribution in [0.4, 0.5) is 26.1 Å². The van der Waals surface area contributed by atoms with Gasteiger partial charge < -0.3 is 15.1 Å². The third kappa shape index (κ3) is 7.79. The summed E-state index contributed by atoms with van der Waals surface area (Å²) in [6.45, 7) is 5.25. The number of imidazole rings is 1. The van der Waals surface area contributed by atoms with E-state index in [0.29, 0.717) is 46.8 Å². The van der Waals surface area contributed by atoms with E-state index >= 15 is 0 Å². The van der Waals surface area contributed by atoms with Gasteiger partial charge >= 0.3 is 5.69 Å². The van der Waals surface area contributed by atoms with Crippen LogP contribution >= 0.6 is 0 Å². The molecule has 1 spiro atoms. The second-order valence-corrected chi connectivity index (χ2v) is 21.2. The number of para-hydroxylation sites is 1. The molecule has 0 radical (unpaired) electrons. The topological polar surface area (TPSA) is 177 Å². The molecule has 5 aliphatic rings. The van der Waals surface area contributed by atoms with Gasteiger partial charge in [0.25, 0.3) is 12.0 Å². The average molecular weight is 927 g/mol. The van der Waals surface area contributed by atoms with Gasteiger partial charge in [0.2, 0.25) is 27.8 Å². The van der Waals surface area contributed by atoms with Crippen molar-refractivity contribution >= 4 is 61.2 Å². The highest BCUT2D eigenvalue weighted by Gasteiger charge is 2.53. The van der Waals surface area contributed by atoms with Crippen molar-refractivity contribution in [1.29, 1.82) is 0 Å². The Hall–Kier alpha value is -5.53. The molecule has 2 aromatic carbocycles. The molecule has 3 saturated heterocycles. The van der Waals surface area contributed by atoms with Gasteiger partial charge in [-0.25, -0.2) is 27.0 Å². The van der Waals surface area contributed by atoms with Gasteiger partial charge in [-0.2, -0.15) is 9.29 Å². The number of carbonyl (C=O) groups excluding carboxylic acids is 2. The first kappa shape index (κ1) is 44.3. The maximum absolute atomic E-state index is 14.0. The summed E-state index contributed by atoms with van der Waals surface area (Å²) in [5.74, 6) is -0.180. The van der Waals surface area contributed by atoms with E-state index in [9.17, 15) is 36.4 Å². The quantitative estimate of drug-likeness (QED) is 0.151. The van der Waals surface area contributed by atoms with Crippen molar-refractivity contribution in [3.63, 3.8) is 0 Å². The molecular formula is C47H56F2N10O6S. The first-order valence-corrected chi connectivity index (χ1v) is 24.6. The normalized spacial score (nSPS) is 22.2. The molecule has 19 heteroatoms. The Morgan fingerprint density at radius 1 is 0.939 bits per heavy atom. The number of likely N-dealkylation sites (tertiary alicyclic amines) is 1. The number of alkyl halides is 2. The first-order chi connectivity index (χ1) is 31.6. The summed E-state index contributed by atoms with van der Waals surface area (Å²) in [6, 6.07) is 11.2. The summed E-state index contributed by atoms with van der Waals surface area (Å²) in [5, 5.41) is 5.93. The monoisotopic (exact) mass is 926 g/mol. The maximum atomic E-state index is 14.0. The van der Waals surface area contributed by atoms with E-state index < -0.39 is 39.5 Å². The summed E-state index contributed by atoms with van der Waals surface area (Å²) in [7, 11) is -0.0272. The van der Waals surface area contributed by atoms with E-state index in [1.807, 2.05) is 25.2 Å². The number of aromatic nitrogens is 5. The second-order valence-electron chi connectivity index (χ2n) is 19.2. The van der Waals surface area contributed by atoms with Crippen molar-refractivity contribution in [2.75, 3.05) is 50.0 Å². The predicted octanol–water partition coefficient (Wildman–Crippen LogP) is 5.92. The van der Waals surface area contributed by atoms with Crippen molar-refractivity contribution in [2.45, 2.75) is 107 Å². The summed E-state index contributed by atoms with van der Waals surface area (Å²) < 4.78 is 62.2. The highest BCUT2D eigenvalue weighted by Crippen LogP contribution is 2.63. The van der Waals surface area contributed by atoms with Crippen LogP contribution in [0.3, 0.4) is 0 Å². The fraction of sp³-hybridized carbons (Fsp3) is 0.532. The number of piperidine rings is 3. The van der Waals surface area contributed by atoms with E-state index in [1.54, 1.807) is 41.0 Å². The molecule has 2 amide bonds. The molecule has 5 aromatic rings. The molecule has 2 unspecified atom stereocenters. The first-order valence-electron chi connectivity index (χ1n) is 23.2. The third-order valence-electron chi connectivity index (χ3n) is 15.3.